The van der Waals surface area contributed by atoms with Crippen molar-refractivity contribution in [1.82, 2.24) is 25.1 Å². The molecule has 1 atom stereocenters. The first kappa shape index (κ1) is 38.1. The first-order chi connectivity index (χ1) is 20.8. The fourth-order valence-corrected chi connectivity index (χ4v) is 5.11. The van der Waals surface area contributed by atoms with E-state index in [0.717, 1.165) is 0 Å². The number of hydrogen-bond acceptors (Lipinski definition) is 10. The number of amides is 3. The lowest BCUT2D eigenvalue weighted by Gasteiger charge is -2.33. The molecule has 1 rings (SSSR count). The minimum atomic E-state index is -2.34. The number of hydrogen-bond donors (Lipinski definition) is 7. The summed E-state index contributed by atoms with van der Waals surface area (Å²) < 4.78 is 1.38. The van der Waals surface area contributed by atoms with Gasteiger partial charge in [-0.2, -0.15) is 0 Å². The van der Waals surface area contributed by atoms with Crippen LogP contribution in [0.1, 0.15) is 51.3 Å². The van der Waals surface area contributed by atoms with Gasteiger partial charge in [0, 0.05) is 25.2 Å². The van der Waals surface area contributed by atoms with Crippen LogP contribution >= 0.6 is 9.24 Å². The number of nitrogens with zero attached hydrogens (tertiary/aromatic N) is 3. The third-order valence-corrected chi connectivity index (χ3v) is 6.42. The summed E-state index contributed by atoms with van der Waals surface area (Å²) in [6, 6.07) is 0. The molecule has 1 heterocycles. The lowest BCUT2D eigenvalue weighted by molar-refractivity contribution is -0.147. The van der Waals surface area contributed by atoms with E-state index in [0.29, 0.717) is 17.1 Å². The molecular weight excluding hydrogens is 625 g/mol. The molecule has 0 aliphatic heterocycles. The van der Waals surface area contributed by atoms with Crippen LogP contribution in [0.5, 0.6) is 0 Å². The molecule has 248 valence electrons. The molecule has 0 fully saturated rings. The molecule has 0 spiro atoms. The van der Waals surface area contributed by atoms with Crippen molar-refractivity contribution < 1.29 is 68.7 Å². The van der Waals surface area contributed by atoms with Gasteiger partial charge in [0.05, 0.1) is 43.2 Å². The molecule has 0 saturated heterocycles. The van der Waals surface area contributed by atoms with Gasteiger partial charge in [-0.1, -0.05) is 16.2 Å². The Morgan fingerprint density at radius 1 is 0.733 bits per heavy atom. The fraction of sp³-hybridized carbons (Fsp3) is 0.520. The third-order valence-electron chi connectivity index (χ3n) is 6.22. The van der Waals surface area contributed by atoms with Crippen LogP contribution in [0.15, 0.2) is 12.4 Å². The van der Waals surface area contributed by atoms with Gasteiger partial charge in [0.2, 0.25) is 17.7 Å². The van der Waals surface area contributed by atoms with Crippen LogP contribution in [0, 0.1) is 0 Å². The van der Waals surface area contributed by atoms with Crippen LogP contribution in [0.4, 0.5) is 0 Å². The lowest BCUT2D eigenvalue weighted by atomic mass is 9.87. The SMILES string of the molecule is CCc1nccn1CC(=O)N(CC(=O)NC(CC(=O)O)(CC(=O)O)CC(=O)O)CC(=O)NC(CC(=O)O)(CC(=O)O)CC(=O)P. The van der Waals surface area contributed by atoms with Crippen molar-refractivity contribution in [3.63, 3.8) is 0 Å². The molecule has 19 nitrogen and oxygen atoms in total. The van der Waals surface area contributed by atoms with Crippen molar-refractivity contribution in [3.8, 4) is 0 Å². The Hall–Kier alpha value is -4.93. The summed E-state index contributed by atoms with van der Waals surface area (Å²) in [4.78, 5) is 114. The van der Waals surface area contributed by atoms with Gasteiger partial charge in [-0.25, -0.2) is 4.98 Å². The highest BCUT2D eigenvalue weighted by atomic mass is 31.0. The fourth-order valence-electron chi connectivity index (χ4n) is 4.71. The van der Waals surface area contributed by atoms with Crippen LogP contribution < -0.4 is 10.6 Å². The van der Waals surface area contributed by atoms with E-state index in [1.54, 1.807) is 16.2 Å². The van der Waals surface area contributed by atoms with Crippen molar-refractivity contribution >= 4 is 62.3 Å². The largest absolute Gasteiger partial charge is 0.481 e. The predicted octanol–water partition coefficient (Wildman–Crippen LogP) is -1.85. The summed E-state index contributed by atoms with van der Waals surface area (Å²) in [7, 11) is 1.73. The zero-order valence-corrected chi connectivity index (χ0v) is 25.2. The molecule has 0 radical (unpaired) electrons. The molecule has 1 aromatic rings. The first-order valence-electron chi connectivity index (χ1n) is 13.1. The normalized spacial score (nSPS) is 11.2. The van der Waals surface area contributed by atoms with Crippen molar-refractivity contribution in [3.05, 3.63) is 18.2 Å². The third kappa shape index (κ3) is 13.5. The molecule has 0 bridgehead atoms. The summed E-state index contributed by atoms with van der Waals surface area (Å²) in [6.45, 7) is -0.824. The second kappa shape index (κ2) is 16.8. The first-order valence-corrected chi connectivity index (χ1v) is 13.7. The number of nitrogens with one attached hydrogen (secondary N) is 2. The average molecular weight is 660 g/mol. The number of carbonyl (C=O) groups excluding carboxylic acids is 4. The summed E-state index contributed by atoms with van der Waals surface area (Å²) in [5, 5.41) is 50.8. The molecular formula is C25H34N5O14P. The Morgan fingerprint density at radius 3 is 1.44 bits per heavy atom. The molecule has 0 saturated carbocycles. The van der Waals surface area contributed by atoms with Gasteiger partial charge in [0.1, 0.15) is 25.5 Å². The maximum Gasteiger partial charge on any atom is 0.305 e. The van der Waals surface area contributed by atoms with Crippen LogP contribution in [-0.4, -0.2) is 117 Å². The molecule has 3 amide bonds. The van der Waals surface area contributed by atoms with E-state index in [4.69, 9.17) is 0 Å². The van der Waals surface area contributed by atoms with Crippen molar-refractivity contribution in [2.24, 2.45) is 0 Å². The number of carbonyl (C=O) groups is 9. The number of aryl methyl sites for hydroxylation is 1. The van der Waals surface area contributed by atoms with E-state index < -0.39 is 122 Å². The summed E-state index contributed by atoms with van der Waals surface area (Å²) in [5.74, 6) is -11.0. The zero-order valence-electron chi connectivity index (χ0n) is 24.1. The molecule has 1 unspecified atom stereocenters. The van der Waals surface area contributed by atoms with Crippen molar-refractivity contribution in [1.29, 1.82) is 0 Å². The Kier molecular flexibility index (Phi) is 14.2. The van der Waals surface area contributed by atoms with E-state index in [1.165, 1.54) is 17.0 Å². The molecule has 45 heavy (non-hydrogen) atoms. The second-order valence-electron chi connectivity index (χ2n) is 10.2. The van der Waals surface area contributed by atoms with Gasteiger partial charge in [0.25, 0.3) is 0 Å². The van der Waals surface area contributed by atoms with Crippen LogP contribution in [0.25, 0.3) is 0 Å². The second-order valence-corrected chi connectivity index (χ2v) is 10.9. The number of aliphatic carboxylic acids is 5. The summed E-state index contributed by atoms with van der Waals surface area (Å²) in [5.41, 5.74) is -5.22. The Balaban J connectivity index is 3.47. The summed E-state index contributed by atoms with van der Waals surface area (Å²) >= 11 is 0. The van der Waals surface area contributed by atoms with E-state index >= 15 is 0 Å². The van der Waals surface area contributed by atoms with Crippen molar-refractivity contribution in [2.75, 3.05) is 13.1 Å². The van der Waals surface area contributed by atoms with E-state index in [-0.39, 0.29) is 0 Å². The Labute approximate surface area is 257 Å². The van der Waals surface area contributed by atoms with E-state index in [1.807, 2.05) is 0 Å². The standard InChI is InChI=1S/C25H34N5O14P/c1-2-14-26-3-4-29(14)13-17(33)30(11-15(31)27-24(5-18(34)35,6-19(36)37)7-20(38)39)12-16(32)28-25(8-21(40)41,9-22(42)43)10-23(44)45/h3-4H,2,5-13,45H2,1H3,(H,27,31)(H,28,32)(H,34,35)(H,36,37)(H,38,39)(H,40,41)(H,42,43). The molecule has 0 aliphatic rings. The predicted molar refractivity (Wildman–Crippen MR) is 151 cm³/mol. The smallest absolute Gasteiger partial charge is 0.305 e. The number of carboxylic acids is 5. The highest BCUT2D eigenvalue weighted by Gasteiger charge is 2.41. The molecule has 7 N–H and O–H groups in total. The van der Waals surface area contributed by atoms with Gasteiger partial charge in [0.15, 0.2) is 5.52 Å². The molecule has 20 heteroatoms. The molecule has 0 aromatic carbocycles. The number of rotatable bonds is 21. The number of aromatic nitrogens is 2. The van der Waals surface area contributed by atoms with Gasteiger partial charge in [-0.3, -0.25) is 43.2 Å². The zero-order chi connectivity index (χ0) is 34.5. The number of imidazole rings is 1. The molecule has 1 aromatic heterocycles. The molecule has 0 aliphatic carbocycles. The van der Waals surface area contributed by atoms with Crippen LogP contribution in [0.2, 0.25) is 0 Å². The Bertz CT molecular complexity index is 1190. The van der Waals surface area contributed by atoms with Gasteiger partial charge >= 0.3 is 29.8 Å². The highest BCUT2D eigenvalue weighted by Crippen LogP contribution is 2.24. The van der Waals surface area contributed by atoms with Crippen molar-refractivity contribution in [2.45, 2.75) is 69.5 Å². The van der Waals surface area contributed by atoms with Gasteiger partial charge < -0.3 is 45.6 Å². The van der Waals surface area contributed by atoms with Crippen LogP contribution in [-0.2, 0) is 56.1 Å². The van der Waals surface area contributed by atoms with E-state index in [9.17, 15) is 68.7 Å². The minimum absolute atomic E-state index is 0.374. The minimum Gasteiger partial charge on any atom is -0.481 e. The highest BCUT2D eigenvalue weighted by molar-refractivity contribution is 7.40. The maximum atomic E-state index is 13.3. The number of carboxylic acid groups (broad SMARTS) is 5. The topological polar surface area (TPSA) is 300 Å². The monoisotopic (exact) mass is 659 g/mol. The maximum absolute atomic E-state index is 13.3. The summed E-state index contributed by atoms with van der Waals surface area (Å²) in [6.07, 6.45) is -2.97. The van der Waals surface area contributed by atoms with Gasteiger partial charge in [-0.15, -0.1) is 0 Å². The van der Waals surface area contributed by atoms with E-state index in [2.05, 4.69) is 15.6 Å². The Morgan fingerprint density at radius 2 is 1.11 bits per heavy atom. The lowest BCUT2D eigenvalue weighted by Crippen LogP contribution is -2.57. The van der Waals surface area contributed by atoms with Crippen LogP contribution in [0.3, 0.4) is 0 Å². The average Bonchev–Trinajstić information content (AvgIpc) is 3.27. The quantitative estimate of drug-likeness (QED) is 0.0713. The van der Waals surface area contributed by atoms with Gasteiger partial charge in [-0.05, 0) is 0 Å².